The molecule has 1 nitrogen and oxygen atoms in total. The summed E-state index contributed by atoms with van der Waals surface area (Å²) >= 11 is 0. The Morgan fingerprint density at radius 2 is 1.44 bits per heavy atom. The molecular formula is C17H30N+. The lowest BCUT2D eigenvalue weighted by Crippen LogP contribution is -2.33. The van der Waals surface area contributed by atoms with Crippen molar-refractivity contribution in [3.8, 4) is 0 Å². The third-order valence-electron chi connectivity index (χ3n) is 3.77. The van der Waals surface area contributed by atoms with Crippen LogP contribution in [0.2, 0.25) is 0 Å². The lowest BCUT2D eigenvalue weighted by molar-refractivity contribution is -0.697. The molecule has 1 aromatic heterocycles. The minimum absolute atomic E-state index is 1.18. The van der Waals surface area contributed by atoms with Gasteiger partial charge in [0.2, 0.25) is 0 Å². The summed E-state index contributed by atoms with van der Waals surface area (Å²) in [6, 6.07) is 2.22. The Hall–Kier alpha value is -0.850. The minimum Gasteiger partial charge on any atom is -0.205 e. The first-order valence-electron chi connectivity index (χ1n) is 7.70. The number of unbranched alkanes of at least 4 members (excludes halogenated alkanes) is 7. The number of aryl methyl sites for hydroxylation is 3. The highest BCUT2D eigenvalue weighted by molar-refractivity contribution is 5.16. The normalized spacial score (nSPS) is 10.8. The molecule has 0 saturated carbocycles. The maximum atomic E-state index is 2.33. The van der Waals surface area contributed by atoms with Gasteiger partial charge in [0.1, 0.15) is 6.54 Å². The fourth-order valence-corrected chi connectivity index (χ4v) is 2.30. The molecule has 0 N–H and O–H groups in total. The second-order valence-electron chi connectivity index (χ2n) is 5.52. The first-order valence-corrected chi connectivity index (χ1v) is 7.70. The zero-order chi connectivity index (χ0) is 13.2. The molecule has 0 aliphatic carbocycles. The highest BCUT2D eigenvalue weighted by Gasteiger charge is 2.02. The standard InChI is InChI=1S/C17H30N/c1-4-5-6-7-8-9-10-11-13-18-14-12-16(2)17(3)15-18/h12,14-15H,4-11,13H2,1-3H3/q+1. The van der Waals surface area contributed by atoms with E-state index in [0.29, 0.717) is 0 Å². The van der Waals surface area contributed by atoms with Gasteiger partial charge >= 0.3 is 0 Å². The first-order chi connectivity index (χ1) is 8.74. The Kier molecular flexibility index (Phi) is 7.71. The number of hydrogen-bond acceptors (Lipinski definition) is 0. The molecule has 0 amide bonds. The van der Waals surface area contributed by atoms with Crippen LogP contribution in [-0.2, 0) is 6.54 Å². The van der Waals surface area contributed by atoms with Crippen molar-refractivity contribution in [2.75, 3.05) is 0 Å². The van der Waals surface area contributed by atoms with E-state index in [4.69, 9.17) is 0 Å². The molecule has 1 heterocycles. The third kappa shape index (κ3) is 6.18. The van der Waals surface area contributed by atoms with E-state index >= 15 is 0 Å². The van der Waals surface area contributed by atoms with Gasteiger partial charge in [-0.3, -0.25) is 0 Å². The average molecular weight is 248 g/mol. The third-order valence-corrected chi connectivity index (χ3v) is 3.77. The molecular weight excluding hydrogens is 218 g/mol. The molecule has 1 aromatic rings. The van der Waals surface area contributed by atoms with Gasteiger partial charge in [-0.15, -0.1) is 0 Å². The van der Waals surface area contributed by atoms with Crippen molar-refractivity contribution in [3.63, 3.8) is 0 Å². The summed E-state index contributed by atoms with van der Waals surface area (Å²) < 4.78 is 2.33. The average Bonchev–Trinajstić information content (AvgIpc) is 2.37. The molecule has 0 unspecified atom stereocenters. The number of pyridine rings is 1. The van der Waals surface area contributed by atoms with Gasteiger partial charge in [0.05, 0.1) is 0 Å². The van der Waals surface area contributed by atoms with E-state index < -0.39 is 0 Å². The van der Waals surface area contributed by atoms with Crippen molar-refractivity contribution in [1.29, 1.82) is 0 Å². The number of hydrogen-bond donors (Lipinski definition) is 0. The van der Waals surface area contributed by atoms with Crippen molar-refractivity contribution >= 4 is 0 Å². The zero-order valence-corrected chi connectivity index (χ0v) is 12.5. The summed E-state index contributed by atoms with van der Waals surface area (Å²) in [4.78, 5) is 0. The van der Waals surface area contributed by atoms with Gasteiger partial charge in [-0.1, -0.05) is 45.4 Å². The highest BCUT2D eigenvalue weighted by atomic mass is 14.9. The van der Waals surface area contributed by atoms with Crippen molar-refractivity contribution in [3.05, 3.63) is 29.6 Å². The largest absolute Gasteiger partial charge is 0.205 e. The predicted octanol–water partition coefficient (Wildman–Crippen LogP) is 4.73. The molecule has 102 valence electrons. The van der Waals surface area contributed by atoms with Gasteiger partial charge in [0, 0.05) is 18.1 Å². The lowest BCUT2D eigenvalue weighted by Gasteiger charge is -2.02. The van der Waals surface area contributed by atoms with Gasteiger partial charge < -0.3 is 0 Å². The lowest BCUT2D eigenvalue weighted by atomic mass is 10.1. The van der Waals surface area contributed by atoms with Crippen molar-refractivity contribution in [2.24, 2.45) is 0 Å². The molecule has 1 rings (SSSR count). The van der Waals surface area contributed by atoms with Gasteiger partial charge in [-0.05, 0) is 25.8 Å². The Morgan fingerprint density at radius 3 is 2.06 bits per heavy atom. The summed E-state index contributed by atoms with van der Waals surface area (Å²) in [5.41, 5.74) is 2.79. The van der Waals surface area contributed by atoms with E-state index in [1.807, 2.05) is 0 Å². The van der Waals surface area contributed by atoms with E-state index in [1.54, 1.807) is 0 Å². The van der Waals surface area contributed by atoms with Gasteiger partial charge in [-0.25, -0.2) is 4.57 Å². The van der Waals surface area contributed by atoms with Crippen LogP contribution >= 0.6 is 0 Å². The zero-order valence-electron chi connectivity index (χ0n) is 12.5. The highest BCUT2D eigenvalue weighted by Crippen LogP contribution is 2.08. The number of nitrogens with zero attached hydrogens (tertiary/aromatic N) is 1. The van der Waals surface area contributed by atoms with E-state index in [9.17, 15) is 0 Å². The van der Waals surface area contributed by atoms with E-state index in [1.165, 1.54) is 69.0 Å². The van der Waals surface area contributed by atoms with Crippen molar-refractivity contribution in [1.82, 2.24) is 0 Å². The second kappa shape index (κ2) is 9.13. The molecule has 0 fully saturated rings. The number of rotatable bonds is 9. The predicted molar refractivity (Wildman–Crippen MR) is 78.7 cm³/mol. The van der Waals surface area contributed by atoms with Gasteiger partial charge in [0.25, 0.3) is 0 Å². The Labute approximate surface area is 113 Å². The minimum atomic E-state index is 1.18. The van der Waals surface area contributed by atoms with E-state index in [-0.39, 0.29) is 0 Å². The summed E-state index contributed by atoms with van der Waals surface area (Å²) in [7, 11) is 0. The molecule has 1 heteroatoms. The van der Waals surface area contributed by atoms with Crippen molar-refractivity contribution < 1.29 is 4.57 Å². The number of aromatic nitrogens is 1. The second-order valence-corrected chi connectivity index (χ2v) is 5.52. The van der Waals surface area contributed by atoms with Crippen LogP contribution in [0.1, 0.15) is 69.4 Å². The maximum absolute atomic E-state index is 2.33. The SMILES string of the molecule is CCCCCCCCCC[n+]1ccc(C)c(C)c1. The quantitative estimate of drug-likeness (QED) is 0.439. The fraction of sp³-hybridized carbons (Fsp3) is 0.706. The molecule has 0 aliphatic rings. The topological polar surface area (TPSA) is 3.88 Å². The van der Waals surface area contributed by atoms with E-state index in [2.05, 4.69) is 43.8 Å². The molecule has 0 aliphatic heterocycles. The van der Waals surface area contributed by atoms with E-state index in [0.717, 1.165) is 0 Å². The molecule has 0 aromatic carbocycles. The van der Waals surface area contributed by atoms with Crippen LogP contribution in [0.3, 0.4) is 0 Å². The summed E-state index contributed by atoms with van der Waals surface area (Å²) in [6.45, 7) is 7.83. The molecule has 18 heavy (non-hydrogen) atoms. The van der Waals surface area contributed by atoms with Crippen LogP contribution in [-0.4, -0.2) is 0 Å². The Morgan fingerprint density at radius 1 is 0.833 bits per heavy atom. The molecule has 0 bridgehead atoms. The van der Waals surface area contributed by atoms with Crippen LogP contribution < -0.4 is 4.57 Å². The molecule has 0 radical (unpaired) electrons. The smallest absolute Gasteiger partial charge is 0.171 e. The van der Waals surface area contributed by atoms with Crippen LogP contribution in [0.15, 0.2) is 18.5 Å². The summed E-state index contributed by atoms with van der Waals surface area (Å²) in [5, 5.41) is 0. The molecule has 0 atom stereocenters. The monoisotopic (exact) mass is 248 g/mol. The molecule has 0 spiro atoms. The summed E-state index contributed by atoms with van der Waals surface area (Å²) in [6.07, 6.45) is 15.7. The van der Waals surface area contributed by atoms with Gasteiger partial charge in [-0.2, -0.15) is 0 Å². The summed E-state index contributed by atoms with van der Waals surface area (Å²) in [5.74, 6) is 0. The Balaban J connectivity index is 2.05. The van der Waals surface area contributed by atoms with Gasteiger partial charge in [0.15, 0.2) is 12.4 Å². The van der Waals surface area contributed by atoms with Crippen LogP contribution in [0.5, 0.6) is 0 Å². The Bertz CT molecular complexity index is 330. The van der Waals surface area contributed by atoms with Crippen LogP contribution in [0, 0.1) is 13.8 Å². The molecule has 0 saturated heterocycles. The van der Waals surface area contributed by atoms with Crippen molar-refractivity contribution in [2.45, 2.75) is 78.7 Å². The van der Waals surface area contributed by atoms with Crippen LogP contribution in [0.4, 0.5) is 0 Å². The fourth-order valence-electron chi connectivity index (χ4n) is 2.30. The first kappa shape index (κ1) is 15.2. The maximum Gasteiger partial charge on any atom is 0.171 e. The van der Waals surface area contributed by atoms with Crippen LogP contribution in [0.25, 0.3) is 0 Å².